The van der Waals surface area contributed by atoms with Crippen molar-refractivity contribution in [3.05, 3.63) is 16.5 Å². The van der Waals surface area contributed by atoms with E-state index in [1.807, 2.05) is 13.8 Å². The van der Waals surface area contributed by atoms with Gasteiger partial charge in [0.2, 0.25) is 0 Å². The second-order valence-corrected chi connectivity index (χ2v) is 8.08. The van der Waals surface area contributed by atoms with E-state index >= 15 is 0 Å². The van der Waals surface area contributed by atoms with E-state index in [0.717, 1.165) is 36.4 Å². The van der Waals surface area contributed by atoms with E-state index in [-0.39, 0.29) is 0 Å². The zero-order valence-electron chi connectivity index (χ0n) is 12.2. The number of hydrogen-bond acceptors (Lipinski definition) is 4. The fourth-order valence-corrected chi connectivity index (χ4v) is 4.79. The predicted molar refractivity (Wildman–Crippen MR) is 81.2 cm³/mol. The third-order valence-electron chi connectivity index (χ3n) is 2.91. The molecule has 0 spiro atoms. The van der Waals surface area contributed by atoms with Gasteiger partial charge in [-0.25, -0.2) is 12.7 Å². The van der Waals surface area contributed by atoms with Crippen LogP contribution in [0.15, 0.2) is 10.3 Å². The van der Waals surface area contributed by atoms with E-state index in [9.17, 15) is 8.42 Å². The monoisotopic (exact) mass is 304 g/mol. The van der Waals surface area contributed by atoms with Gasteiger partial charge in [0.25, 0.3) is 10.0 Å². The summed E-state index contributed by atoms with van der Waals surface area (Å²) in [7, 11) is -1.67. The van der Waals surface area contributed by atoms with E-state index < -0.39 is 10.0 Å². The molecule has 0 unspecified atom stereocenters. The third kappa shape index (κ3) is 4.27. The summed E-state index contributed by atoms with van der Waals surface area (Å²) >= 11 is 1.38. The lowest BCUT2D eigenvalue weighted by Gasteiger charge is -2.14. The second kappa shape index (κ2) is 7.38. The van der Waals surface area contributed by atoms with Crippen LogP contribution in [0.2, 0.25) is 0 Å². The first kappa shape index (κ1) is 16.6. The molecular weight excluding hydrogens is 280 g/mol. The maximum atomic E-state index is 12.3. The van der Waals surface area contributed by atoms with Gasteiger partial charge >= 0.3 is 0 Å². The highest BCUT2D eigenvalue weighted by atomic mass is 32.2. The van der Waals surface area contributed by atoms with Gasteiger partial charge in [-0.3, -0.25) is 0 Å². The van der Waals surface area contributed by atoms with E-state index in [1.165, 1.54) is 15.6 Å². The van der Waals surface area contributed by atoms with Crippen LogP contribution in [0.1, 0.15) is 37.1 Å². The van der Waals surface area contributed by atoms with Crippen LogP contribution in [0.4, 0.5) is 0 Å². The molecule has 1 heterocycles. The Labute approximate surface area is 120 Å². The molecule has 1 N–H and O–H groups in total. The Morgan fingerprint density at radius 1 is 1.32 bits per heavy atom. The lowest BCUT2D eigenvalue weighted by atomic mass is 10.3. The van der Waals surface area contributed by atoms with Gasteiger partial charge in [-0.1, -0.05) is 13.8 Å². The Morgan fingerprint density at radius 3 is 2.58 bits per heavy atom. The van der Waals surface area contributed by atoms with Crippen molar-refractivity contribution in [1.82, 2.24) is 9.62 Å². The average Bonchev–Trinajstić information content (AvgIpc) is 2.72. The fraction of sp³-hybridized carbons (Fsp3) is 0.692. The Kier molecular flexibility index (Phi) is 6.46. The number of sulfonamides is 1. The number of rotatable bonds is 8. The molecule has 6 heteroatoms. The maximum Gasteiger partial charge on any atom is 0.252 e. The normalized spacial score (nSPS) is 12.3. The average molecular weight is 304 g/mol. The summed E-state index contributed by atoms with van der Waals surface area (Å²) in [6.45, 7) is 8.32. The standard InChI is InChI=1S/C13H24N2O2S2/c1-5-7-14-10-12-11(3)9-13(18-12)19(16,17)15(4)8-6-2/h9,14H,5-8,10H2,1-4H3. The molecule has 19 heavy (non-hydrogen) atoms. The van der Waals surface area contributed by atoms with Crippen LogP contribution >= 0.6 is 11.3 Å². The molecule has 1 aromatic rings. The van der Waals surface area contributed by atoms with Gasteiger partial charge in [0.15, 0.2) is 0 Å². The molecule has 0 bridgehead atoms. The van der Waals surface area contributed by atoms with E-state index in [0.29, 0.717) is 10.8 Å². The Bertz CT molecular complexity index is 495. The van der Waals surface area contributed by atoms with Gasteiger partial charge in [0.05, 0.1) is 0 Å². The van der Waals surface area contributed by atoms with E-state index in [2.05, 4.69) is 12.2 Å². The lowest BCUT2D eigenvalue weighted by Crippen LogP contribution is -2.26. The zero-order valence-corrected chi connectivity index (χ0v) is 13.8. The van der Waals surface area contributed by atoms with Crippen molar-refractivity contribution in [2.75, 3.05) is 20.1 Å². The topological polar surface area (TPSA) is 49.4 Å². The molecule has 0 radical (unpaired) electrons. The van der Waals surface area contributed by atoms with Gasteiger partial charge in [0, 0.05) is 25.0 Å². The molecule has 0 aromatic carbocycles. The van der Waals surface area contributed by atoms with Crippen molar-refractivity contribution < 1.29 is 8.42 Å². The molecule has 0 atom stereocenters. The molecule has 0 aliphatic rings. The summed E-state index contributed by atoms with van der Waals surface area (Å²) in [4.78, 5) is 1.11. The van der Waals surface area contributed by atoms with Crippen molar-refractivity contribution in [1.29, 1.82) is 0 Å². The summed E-state index contributed by atoms with van der Waals surface area (Å²) in [6.07, 6.45) is 1.90. The van der Waals surface area contributed by atoms with Crippen molar-refractivity contribution in [3.8, 4) is 0 Å². The molecule has 0 saturated heterocycles. The minimum Gasteiger partial charge on any atom is -0.312 e. The maximum absolute atomic E-state index is 12.3. The minimum atomic E-state index is -3.31. The molecule has 0 aliphatic carbocycles. The largest absolute Gasteiger partial charge is 0.312 e. The van der Waals surface area contributed by atoms with Gasteiger partial charge in [0.1, 0.15) is 4.21 Å². The molecule has 0 saturated carbocycles. The van der Waals surface area contributed by atoms with Gasteiger partial charge in [-0.2, -0.15) is 0 Å². The van der Waals surface area contributed by atoms with Crippen LogP contribution in [0, 0.1) is 6.92 Å². The van der Waals surface area contributed by atoms with Gasteiger partial charge < -0.3 is 5.32 Å². The quantitative estimate of drug-likeness (QED) is 0.751. The molecule has 1 rings (SSSR count). The fourth-order valence-electron chi connectivity index (χ4n) is 1.76. The van der Waals surface area contributed by atoms with Crippen LogP contribution in [0.25, 0.3) is 0 Å². The van der Waals surface area contributed by atoms with Crippen molar-refractivity contribution in [2.45, 2.75) is 44.4 Å². The van der Waals surface area contributed by atoms with Crippen LogP contribution in [-0.2, 0) is 16.6 Å². The van der Waals surface area contributed by atoms with Gasteiger partial charge in [-0.15, -0.1) is 11.3 Å². The Balaban J connectivity index is 2.87. The first-order chi connectivity index (χ1) is 8.93. The number of hydrogen-bond donors (Lipinski definition) is 1. The Hall–Kier alpha value is -0.430. The summed E-state index contributed by atoms with van der Waals surface area (Å²) in [5.41, 5.74) is 1.05. The molecule has 1 aromatic heterocycles. The summed E-state index contributed by atoms with van der Waals surface area (Å²) < 4.78 is 26.6. The molecule has 0 amide bonds. The smallest absolute Gasteiger partial charge is 0.252 e. The summed E-state index contributed by atoms with van der Waals surface area (Å²) in [6, 6.07) is 1.79. The van der Waals surface area contributed by atoms with E-state index in [1.54, 1.807) is 13.1 Å². The number of thiophene rings is 1. The van der Waals surface area contributed by atoms with Crippen LogP contribution < -0.4 is 5.32 Å². The molecule has 110 valence electrons. The molecule has 4 nitrogen and oxygen atoms in total. The van der Waals surface area contributed by atoms with Crippen molar-refractivity contribution in [3.63, 3.8) is 0 Å². The number of aryl methyl sites for hydroxylation is 1. The first-order valence-electron chi connectivity index (χ1n) is 6.69. The third-order valence-corrected chi connectivity index (χ3v) is 6.46. The summed E-state index contributed by atoms with van der Waals surface area (Å²) in [5, 5.41) is 3.31. The van der Waals surface area contributed by atoms with Crippen LogP contribution in [0.5, 0.6) is 0 Å². The summed E-state index contributed by atoms with van der Waals surface area (Å²) in [5.74, 6) is 0. The van der Waals surface area contributed by atoms with Gasteiger partial charge in [-0.05, 0) is 37.9 Å². The minimum absolute atomic E-state index is 0.453. The number of nitrogens with zero attached hydrogens (tertiary/aromatic N) is 1. The highest BCUT2D eigenvalue weighted by Gasteiger charge is 2.23. The molecular formula is C13H24N2O2S2. The first-order valence-corrected chi connectivity index (χ1v) is 8.95. The Morgan fingerprint density at radius 2 is 2.00 bits per heavy atom. The lowest BCUT2D eigenvalue weighted by molar-refractivity contribution is 0.470. The van der Waals surface area contributed by atoms with Crippen LogP contribution in [-0.4, -0.2) is 32.9 Å². The SMILES string of the molecule is CCCNCc1sc(S(=O)(=O)N(C)CCC)cc1C. The highest BCUT2D eigenvalue weighted by molar-refractivity contribution is 7.91. The predicted octanol–water partition coefficient (Wildman–Crippen LogP) is 2.59. The van der Waals surface area contributed by atoms with Crippen molar-refractivity contribution in [2.24, 2.45) is 0 Å². The molecule has 0 aliphatic heterocycles. The van der Waals surface area contributed by atoms with E-state index in [4.69, 9.17) is 0 Å². The second-order valence-electron chi connectivity index (χ2n) is 4.67. The van der Waals surface area contributed by atoms with Crippen LogP contribution in [0.3, 0.4) is 0 Å². The highest BCUT2D eigenvalue weighted by Crippen LogP contribution is 2.28. The zero-order chi connectivity index (χ0) is 14.5. The van der Waals surface area contributed by atoms with Crippen molar-refractivity contribution >= 4 is 21.4 Å². The molecule has 0 fully saturated rings. The number of nitrogens with one attached hydrogen (secondary N) is 1.